The Bertz CT molecular complexity index is 499. The molecule has 0 spiro atoms. The number of carbonyl (C=O) groups is 1. The Morgan fingerprint density at radius 3 is 2.85 bits per heavy atom. The van der Waals surface area contributed by atoms with Crippen LogP contribution in [0.5, 0.6) is 0 Å². The van der Waals surface area contributed by atoms with E-state index in [9.17, 15) is 4.79 Å². The monoisotopic (exact) mass is 293 g/mol. The number of urea groups is 1. The first-order valence-corrected chi connectivity index (χ1v) is 8.29. The van der Waals surface area contributed by atoms with Crippen molar-refractivity contribution < 1.29 is 4.79 Å². The lowest BCUT2D eigenvalue weighted by Gasteiger charge is -2.39. The van der Waals surface area contributed by atoms with E-state index in [0.717, 1.165) is 18.0 Å². The Morgan fingerprint density at radius 1 is 1.50 bits per heavy atom. The van der Waals surface area contributed by atoms with Gasteiger partial charge in [0.25, 0.3) is 0 Å². The van der Waals surface area contributed by atoms with Crippen LogP contribution < -0.4 is 10.6 Å². The van der Waals surface area contributed by atoms with E-state index in [2.05, 4.69) is 36.4 Å². The number of aromatic nitrogens is 1. The largest absolute Gasteiger partial charge is 0.335 e. The van der Waals surface area contributed by atoms with Gasteiger partial charge >= 0.3 is 6.03 Å². The lowest BCUT2D eigenvalue weighted by molar-refractivity contribution is 0.123. The first-order chi connectivity index (χ1) is 9.43. The van der Waals surface area contributed by atoms with Crippen molar-refractivity contribution in [2.45, 2.75) is 52.6 Å². The zero-order valence-corrected chi connectivity index (χ0v) is 13.2. The van der Waals surface area contributed by atoms with Crippen LogP contribution in [0.4, 0.5) is 4.79 Å². The highest BCUT2D eigenvalue weighted by molar-refractivity contribution is 7.07. The zero-order chi connectivity index (χ0) is 14.4. The van der Waals surface area contributed by atoms with E-state index < -0.39 is 0 Å². The van der Waals surface area contributed by atoms with E-state index in [4.69, 9.17) is 0 Å². The van der Waals surface area contributed by atoms with Crippen molar-refractivity contribution in [1.82, 2.24) is 15.6 Å². The van der Waals surface area contributed by atoms with Gasteiger partial charge in [0.05, 0.1) is 17.7 Å². The molecule has 0 aromatic carbocycles. The van der Waals surface area contributed by atoms with E-state index in [1.165, 1.54) is 12.8 Å². The first-order valence-electron chi connectivity index (χ1n) is 7.35. The van der Waals surface area contributed by atoms with Crippen molar-refractivity contribution >= 4 is 17.4 Å². The minimum absolute atomic E-state index is 0.0624. The third kappa shape index (κ3) is 2.03. The molecule has 0 unspecified atom stereocenters. The summed E-state index contributed by atoms with van der Waals surface area (Å²) in [6, 6.07) is 0.235. The Balaban J connectivity index is 1.58. The molecule has 2 bridgehead atoms. The van der Waals surface area contributed by atoms with Gasteiger partial charge in [-0.15, -0.1) is 11.3 Å². The van der Waals surface area contributed by atoms with Gasteiger partial charge in [-0.05, 0) is 36.0 Å². The lowest BCUT2D eigenvalue weighted by Crippen LogP contribution is -2.50. The summed E-state index contributed by atoms with van der Waals surface area (Å²) in [4.78, 5) is 16.2. The molecular weight excluding hydrogens is 270 g/mol. The minimum atomic E-state index is -0.0624. The average molecular weight is 293 g/mol. The molecule has 20 heavy (non-hydrogen) atoms. The van der Waals surface area contributed by atoms with E-state index in [0.29, 0.717) is 18.0 Å². The number of thiazole rings is 1. The third-order valence-corrected chi connectivity index (χ3v) is 6.65. The molecule has 4 nitrogen and oxygen atoms in total. The summed E-state index contributed by atoms with van der Waals surface area (Å²) in [5.74, 6) is 0.747. The predicted octanol–water partition coefficient (Wildman–Crippen LogP) is 3.16. The highest BCUT2D eigenvalue weighted by Gasteiger charge is 2.61. The van der Waals surface area contributed by atoms with Crippen LogP contribution in [0, 0.1) is 16.7 Å². The van der Waals surface area contributed by atoms with Crippen molar-refractivity contribution in [2.24, 2.45) is 16.7 Å². The van der Waals surface area contributed by atoms with Gasteiger partial charge in [-0.25, -0.2) is 9.78 Å². The maximum absolute atomic E-state index is 12.1. The molecule has 2 fully saturated rings. The maximum atomic E-state index is 12.1. The van der Waals surface area contributed by atoms with Gasteiger partial charge in [-0.3, -0.25) is 0 Å². The molecule has 0 aliphatic heterocycles. The smallest absolute Gasteiger partial charge is 0.315 e. The van der Waals surface area contributed by atoms with Gasteiger partial charge in [0.15, 0.2) is 0 Å². The summed E-state index contributed by atoms with van der Waals surface area (Å²) in [6.07, 6.45) is 3.65. The topological polar surface area (TPSA) is 54.0 Å². The molecule has 3 rings (SSSR count). The number of hydrogen-bond donors (Lipinski definition) is 2. The summed E-state index contributed by atoms with van der Waals surface area (Å²) in [7, 11) is 0. The SMILES string of the molecule is CC1(C)[C@@H]2CC[C@]1(C)[C@H](NC(=O)NCc1cscn1)C2. The molecule has 2 N–H and O–H groups in total. The van der Waals surface area contributed by atoms with Crippen LogP contribution in [0.2, 0.25) is 0 Å². The Morgan fingerprint density at radius 2 is 2.30 bits per heavy atom. The second-order valence-electron chi connectivity index (χ2n) is 6.97. The molecule has 1 aromatic heterocycles. The summed E-state index contributed by atoms with van der Waals surface area (Å²) in [5, 5.41) is 8.07. The first kappa shape index (κ1) is 13.9. The molecule has 0 radical (unpaired) electrons. The maximum Gasteiger partial charge on any atom is 0.315 e. The number of nitrogens with one attached hydrogen (secondary N) is 2. The van der Waals surface area contributed by atoms with Gasteiger partial charge in [0.1, 0.15) is 0 Å². The molecule has 2 aliphatic rings. The van der Waals surface area contributed by atoms with Crippen LogP contribution in [0.1, 0.15) is 45.7 Å². The van der Waals surface area contributed by atoms with Gasteiger partial charge in [-0.2, -0.15) is 0 Å². The fourth-order valence-electron chi connectivity index (χ4n) is 4.13. The summed E-state index contributed by atoms with van der Waals surface area (Å²) in [6.45, 7) is 7.57. The summed E-state index contributed by atoms with van der Waals surface area (Å²) in [5.41, 5.74) is 3.27. The van der Waals surface area contributed by atoms with Crippen LogP contribution in [0.15, 0.2) is 10.9 Å². The van der Waals surface area contributed by atoms with Gasteiger partial charge in [-0.1, -0.05) is 20.8 Å². The van der Waals surface area contributed by atoms with Crippen LogP contribution in [0.25, 0.3) is 0 Å². The van der Waals surface area contributed by atoms with Crippen LogP contribution in [-0.2, 0) is 6.54 Å². The summed E-state index contributed by atoms with van der Waals surface area (Å²) >= 11 is 1.55. The Labute approximate surface area is 124 Å². The van der Waals surface area contributed by atoms with Gasteiger partial charge in [0.2, 0.25) is 0 Å². The fourth-order valence-corrected chi connectivity index (χ4v) is 4.69. The second kappa shape index (κ2) is 4.72. The fraction of sp³-hybridized carbons (Fsp3) is 0.733. The highest BCUT2D eigenvalue weighted by Crippen LogP contribution is 2.65. The average Bonchev–Trinajstić information content (AvgIpc) is 3.02. The van der Waals surface area contributed by atoms with Gasteiger partial charge in [0, 0.05) is 11.4 Å². The molecule has 2 amide bonds. The summed E-state index contributed by atoms with van der Waals surface area (Å²) < 4.78 is 0. The molecule has 2 aliphatic carbocycles. The van der Waals surface area contributed by atoms with Crippen LogP contribution in [-0.4, -0.2) is 17.1 Å². The number of nitrogens with zero attached hydrogens (tertiary/aromatic N) is 1. The van der Waals surface area contributed by atoms with Crippen LogP contribution in [0.3, 0.4) is 0 Å². The van der Waals surface area contributed by atoms with Crippen molar-refractivity contribution in [3.05, 3.63) is 16.6 Å². The van der Waals surface area contributed by atoms with Crippen molar-refractivity contribution in [3.63, 3.8) is 0 Å². The molecule has 2 saturated carbocycles. The predicted molar refractivity (Wildman–Crippen MR) is 80.5 cm³/mol. The van der Waals surface area contributed by atoms with Crippen molar-refractivity contribution in [2.75, 3.05) is 0 Å². The normalized spacial score (nSPS) is 34.1. The second-order valence-corrected chi connectivity index (χ2v) is 7.69. The number of fused-ring (bicyclic) bond motifs is 2. The van der Waals surface area contributed by atoms with Gasteiger partial charge < -0.3 is 10.6 Å². The molecule has 5 heteroatoms. The van der Waals surface area contributed by atoms with Crippen molar-refractivity contribution in [1.29, 1.82) is 0 Å². The standard InChI is InChI=1S/C15H23N3OS/c1-14(2)10-4-5-15(14,3)12(6-10)18-13(19)16-7-11-8-20-9-17-11/h8-10,12H,4-7H2,1-3H3,(H2,16,18,19)/t10-,12-,15-/m1/s1. The molecule has 3 atom stereocenters. The number of hydrogen-bond acceptors (Lipinski definition) is 3. The molecule has 1 heterocycles. The number of amides is 2. The number of carbonyl (C=O) groups excluding carboxylic acids is 1. The molecule has 1 aromatic rings. The third-order valence-electron chi connectivity index (χ3n) is 6.01. The molecular formula is C15H23N3OS. The Kier molecular flexibility index (Phi) is 3.27. The lowest BCUT2D eigenvalue weighted by atomic mass is 9.69. The minimum Gasteiger partial charge on any atom is -0.335 e. The Hall–Kier alpha value is -1.10. The zero-order valence-electron chi connectivity index (χ0n) is 12.4. The van der Waals surface area contributed by atoms with E-state index in [-0.39, 0.29) is 11.4 Å². The molecule has 110 valence electrons. The van der Waals surface area contributed by atoms with Crippen LogP contribution >= 0.6 is 11.3 Å². The van der Waals surface area contributed by atoms with E-state index >= 15 is 0 Å². The van der Waals surface area contributed by atoms with E-state index in [1.54, 1.807) is 16.8 Å². The quantitative estimate of drug-likeness (QED) is 0.899. The highest BCUT2D eigenvalue weighted by atomic mass is 32.1. The molecule has 0 saturated heterocycles. The van der Waals surface area contributed by atoms with E-state index in [1.807, 2.05) is 5.38 Å². The van der Waals surface area contributed by atoms with Crippen molar-refractivity contribution in [3.8, 4) is 0 Å². The number of rotatable bonds is 3.